The summed E-state index contributed by atoms with van der Waals surface area (Å²) in [6.45, 7) is 9.97. The first-order chi connectivity index (χ1) is 9.91. The number of allylic oxidation sites excluding steroid dienone is 2. The van der Waals surface area contributed by atoms with Crippen molar-refractivity contribution in [2.24, 2.45) is 0 Å². The first-order valence-electron chi connectivity index (χ1n) is 7.86. The molecule has 1 aliphatic carbocycles. The molecule has 2 rings (SSSR count). The average Bonchev–Trinajstić information content (AvgIpc) is 2.62. The zero-order valence-corrected chi connectivity index (χ0v) is 13.9. The van der Waals surface area contributed by atoms with Gasteiger partial charge in [-0.15, -0.1) is 0 Å². The highest BCUT2D eigenvalue weighted by molar-refractivity contribution is 5.94. The molecule has 0 fully saturated rings. The molecule has 1 N–H and O–H groups in total. The van der Waals surface area contributed by atoms with Gasteiger partial charge in [0.2, 0.25) is 5.91 Å². The average molecular weight is 286 g/mol. The number of anilines is 1. The molecule has 0 atom stereocenters. The molecule has 0 bridgehead atoms. The Hall–Kier alpha value is -1.64. The zero-order valence-electron chi connectivity index (χ0n) is 13.9. The molecule has 1 aromatic rings. The molecule has 0 aromatic carbocycles. The molecule has 3 heteroatoms. The Labute approximate surface area is 127 Å². The number of pyridine rings is 1. The minimum absolute atomic E-state index is 0.00477. The number of aryl methyl sites for hydroxylation is 2. The molecule has 0 saturated heterocycles. The predicted molar refractivity (Wildman–Crippen MR) is 88.5 cm³/mol. The van der Waals surface area contributed by atoms with Crippen molar-refractivity contribution in [3.05, 3.63) is 28.1 Å². The van der Waals surface area contributed by atoms with E-state index in [2.05, 4.69) is 33.0 Å². The van der Waals surface area contributed by atoms with Crippen LogP contribution in [0.1, 0.15) is 69.5 Å². The minimum Gasteiger partial charge on any atom is -0.325 e. The maximum absolute atomic E-state index is 11.7. The van der Waals surface area contributed by atoms with E-state index in [1.165, 1.54) is 41.7 Å². The van der Waals surface area contributed by atoms with E-state index in [-0.39, 0.29) is 5.91 Å². The van der Waals surface area contributed by atoms with Gasteiger partial charge in [-0.3, -0.25) is 9.78 Å². The number of hydrogen-bond donors (Lipinski definition) is 1. The molecule has 1 heterocycles. The second-order valence-electron chi connectivity index (χ2n) is 6.24. The van der Waals surface area contributed by atoms with E-state index >= 15 is 0 Å². The lowest BCUT2D eigenvalue weighted by Crippen LogP contribution is -2.14. The molecule has 1 aromatic heterocycles. The van der Waals surface area contributed by atoms with Gasteiger partial charge in [0.05, 0.1) is 5.69 Å². The van der Waals surface area contributed by atoms with Crippen LogP contribution in [-0.4, -0.2) is 10.9 Å². The number of fused-ring (bicyclic) bond motifs is 1. The Morgan fingerprint density at radius 2 is 1.71 bits per heavy atom. The lowest BCUT2D eigenvalue weighted by molar-refractivity contribution is -0.114. The highest BCUT2D eigenvalue weighted by Gasteiger charge is 2.21. The van der Waals surface area contributed by atoms with Crippen molar-refractivity contribution in [2.45, 2.75) is 66.7 Å². The SMILES string of the molecule is CC(=O)Nc1c2c(nc(C)c1C(C)=C(C)C)CCCCC2. The van der Waals surface area contributed by atoms with Gasteiger partial charge in [0.15, 0.2) is 0 Å². The standard InChI is InChI=1S/C18H26N2O/c1-11(2)12(3)17-13(4)19-16-10-8-6-7-9-15(16)18(17)20-14(5)21/h6-10H2,1-5H3,(H,19,20,21). The summed E-state index contributed by atoms with van der Waals surface area (Å²) in [6, 6.07) is 0. The summed E-state index contributed by atoms with van der Waals surface area (Å²) in [5.74, 6) is -0.00477. The third kappa shape index (κ3) is 3.34. The maximum Gasteiger partial charge on any atom is 0.221 e. The van der Waals surface area contributed by atoms with E-state index in [0.29, 0.717) is 0 Å². The molecular formula is C18H26N2O. The number of rotatable bonds is 2. The van der Waals surface area contributed by atoms with Gasteiger partial charge in [-0.2, -0.15) is 0 Å². The Kier molecular flexibility index (Phi) is 4.81. The number of aromatic nitrogens is 1. The van der Waals surface area contributed by atoms with Crippen LogP contribution < -0.4 is 5.32 Å². The van der Waals surface area contributed by atoms with Crippen LogP contribution in [0.2, 0.25) is 0 Å². The highest BCUT2D eigenvalue weighted by Crippen LogP contribution is 2.35. The Balaban J connectivity index is 2.71. The number of nitrogens with one attached hydrogen (secondary N) is 1. The van der Waals surface area contributed by atoms with E-state index in [1.807, 2.05) is 0 Å². The van der Waals surface area contributed by atoms with Crippen LogP contribution in [-0.2, 0) is 17.6 Å². The van der Waals surface area contributed by atoms with Gasteiger partial charge < -0.3 is 5.32 Å². The fraction of sp³-hybridized carbons (Fsp3) is 0.556. The smallest absolute Gasteiger partial charge is 0.221 e. The molecule has 0 spiro atoms. The van der Waals surface area contributed by atoms with Gasteiger partial charge in [-0.1, -0.05) is 12.0 Å². The second-order valence-corrected chi connectivity index (χ2v) is 6.24. The monoisotopic (exact) mass is 286 g/mol. The van der Waals surface area contributed by atoms with Crippen molar-refractivity contribution in [1.82, 2.24) is 4.98 Å². The van der Waals surface area contributed by atoms with Crippen LogP contribution in [0, 0.1) is 6.92 Å². The first-order valence-corrected chi connectivity index (χ1v) is 7.86. The zero-order chi connectivity index (χ0) is 15.6. The summed E-state index contributed by atoms with van der Waals surface area (Å²) in [7, 11) is 0. The third-order valence-corrected chi connectivity index (χ3v) is 4.33. The molecule has 0 radical (unpaired) electrons. The summed E-state index contributed by atoms with van der Waals surface area (Å²) in [4.78, 5) is 16.6. The maximum atomic E-state index is 11.7. The molecule has 0 saturated carbocycles. The molecule has 0 unspecified atom stereocenters. The Morgan fingerprint density at radius 3 is 2.33 bits per heavy atom. The van der Waals surface area contributed by atoms with Gasteiger partial charge in [0, 0.05) is 23.9 Å². The second kappa shape index (κ2) is 6.42. The Bertz CT molecular complexity index is 596. The van der Waals surface area contributed by atoms with E-state index in [1.54, 1.807) is 6.92 Å². The van der Waals surface area contributed by atoms with Gasteiger partial charge in [-0.25, -0.2) is 0 Å². The van der Waals surface area contributed by atoms with E-state index in [4.69, 9.17) is 4.98 Å². The fourth-order valence-electron chi connectivity index (χ4n) is 3.07. The lowest BCUT2D eigenvalue weighted by Gasteiger charge is -2.20. The molecule has 1 amide bonds. The number of carbonyl (C=O) groups excluding carboxylic acids is 1. The predicted octanol–water partition coefficient (Wildman–Crippen LogP) is 4.43. The van der Waals surface area contributed by atoms with Crippen LogP contribution in [0.25, 0.3) is 5.57 Å². The number of hydrogen-bond acceptors (Lipinski definition) is 2. The van der Waals surface area contributed by atoms with Gasteiger partial charge in [0.1, 0.15) is 0 Å². The molecule has 3 nitrogen and oxygen atoms in total. The molecule has 21 heavy (non-hydrogen) atoms. The number of amides is 1. The summed E-state index contributed by atoms with van der Waals surface area (Å²) in [5.41, 5.74) is 8.06. The van der Waals surface area contributed by atoms with Crippen molar-refractivity contribution < 1.29 is 4.79 Å². The summed E-state index contributed by atoms with van der Waals surface area (Å²) < 4.78 is 0. The number of carbonyl (C=O) groups is 1. The van der Waals surface area contributed by atoms with Crippen LogP contribution in [0.5, 0.6) is 0 Å². The minimum atomic E-state index is -0.00477. The van der Waals surface area contributed by atoms with E-state index in [0.717, 1.165) is 29.8 Å². The molecule has 1 aliphatic rings. The van der Waals surface area contributed by atoms with Crippen LogP contribution in [0.15, 0.2) is 5.57 Å². The third-order valence-electron chi connectivity index (χ3n) is 4.33. The summed E-state index contributed by atoms with van der Waals surface area (Å²) in [6.07, 6.45) is 5.65. The van der Waals surface area contributed by atoms with Crippen molar-refractivity contribution in [1.29, 1.82) is 0 Å². The molecular weight excluding hydrogens is 260 g/mol. The summed E-state index contributed by atoms with van der Waals surface area (Å²) >= 11 is 0. The lowest BCUT2D eigenvalue weighted by atomic mass is 9.94. The van der Waals surface area contributed by atoms with Crippen LogP contribution in [0.3, 0.4) is 0 Å². The van der Waals surface area contributed by atoms with Gasteiger partial charge in [-0.05, 0) is 64.5 Å². The summed E-state index contributed by atoms with van der Waals surface area (Å²) in [5, 5.41) is 3.09. The molecule has 0 aliphatic heterocycles. The van der Waals surface area contributed by atoms with E-state index in [9.17, 15) is 4.79 Å². The quantitative estimate of drug-likeness (QED) is 0.817. The largest absolute Gasteiger partial charge is 0.325 e. The molecule has 114 valence electrons. The number of nitrogens with zero attached hydrogens (tertiary/aromatic N) is 1. The normalized spacial score (nSPS) is 14.1. The van der Waals surface area contributed by atoms with Crippen molar-refractivity contribution in [3.8, 4) is 0 Å². The van der Waals surface area contributed by atoms with Crippen molar-refractivity contribution in [3.63, 3.8) is 0 Å². The highest BCUT2D eigenvalue weighted by atomic mass is 16.1. The van der Waals surface area contributed by atoms with Crippen molar-refractivity contribution >= 4 is 17.2 Å². The fourth-order valence-corrected chi connectivity index (χ4v) is 3.07. The van der Waals surface area contributed by atoms with Crippen LogP contribution >= 0.6 is 0 Å². The van der Waals surface area contributed by atoms with E-state index < -0.39 is 0 Å². The van der Waals surface area contributed by atoms with Gasteiger partial charge >= 0.3 is 0 Å². The first kappa shape index (κ1) is 15.7. The van der Waals surface area contributed by atoms with Crippen LogP contribution in [0.4, 0.5) is 5.69 Å². The topological polar surface area (TPSA) is 42.0 Å². The van der Waals surface area contributed by atoms with Gasteiger partial charge in [0.25, 0.3) is 0 Å². The van der Waals surface area contributed by atoms with Crippen molar-refractivity contribution in [2.75, 3.05) is 5.32 Å². The Morgan fingerprint density at radius 1 is 1.05 bits per heavy atom.